The molecule has 6 heteroatoms. The van der Waals surface area contributed by atoms with E-state index in [4.69, 9.17) is 4.74 Å². The monoisotopic (exact) mass is 435 g/mol. The normalized spacial score (nSPS) is 16.7. The molecule has 0 saturated heterocycles. The second-order valence-corrected chi connectivity index (χ2v) is 9.90. The van der Waals surface area contributed by atoms with Crippen molar-refractivity contribution in [3.63, 3.8) is 0 Å². The summed E-state index contributed by atoms with van der Waals surface area (Å²) in [6.45, 7) is 2.29. The molecule has 0 bridgehead atoms. The average molecular weight is 435 g/mol. The third kappa shape index (κ3) is 3.99. The van der Waals surface area contributed by atoms with E-state index in [-0.39, 0.29) is 12.4 Å². The van der Waals surface area contributed by atoms with Crippen molar-refractivity contribution in [3.05, 3.63) is 108 Å². The fourth-order valence-electron chi connectivity index (χ4n) is 3.96. The first-order valence-corrected chi connectivity index (χ1v) is 11.8. The van der Waals surface area contributed by atoms with Gasteiger partial charge in [-0.3, -0.25) is 4.57 Å². The Balaban J connectivity index is 1.89. The van der Waals surface area contributed by atoms with Gasteiger partial charge in [-0.15, -0.1) is 0 Å². The van der Waals surface area contributed by atoms with Gasteiger partial charge in [0, 0.05) is 17.2 Å². The summed E-state index contributed by atoms with van der Waals surface area (Å²) < 4.78 is 35.6. The Hall–Kier alpha value is -3.01. The highest BCUT2D eigenvalue weighted by molar-refractivity contribution is 7.76. The van der Waals surface area contributed by atoms with Crippen LogP contribution in [0.2, 0.25) is 0 Å². The lowest BCUT2D eigenvalue weighted by molar-refractivity contribution is -0.138. The van der Waals surface area contributed by atoms with Crippen LogP contribution in [-0.2, 0) is 14.1 Å². The largest absolute Gasteiger partial charge is 0.463 e. The van der Waals surface area contributed by atoms with Crippen LogP contribution in [0.5, 0.6) is 0 Å². The number of carbonyl (C=O) groups is 1. The minimum atomic E-state index is -3.32. The third-order valence-corrected chi connectivity index (χ3v) is 8.48. The van der Waals surface area contributed by atoms with Gasteiger partial charge in [0.15, 0.2) is 0 Å². The van der Waals surface area contributed by atoms with Crippen LogP contribution in [0.25, 0.3) is 0 Å². The van der Waals surface area contributed by atoms with Crippen LogP contribution in [-0.4, -0.2) is 23.8 Å². The molecular formula is C25H23FNO3P. The van der Waals surface area contributed by atoms with Crippen molar-refractivity contribution in [2.24, 2.45) is 0 Å². The van der Waals surface area contributed by atoms with E-state index in [2.05, 4.69) is 0 Å². The zero-order valence-electron chi connectivity index (χ0n) is 17.1. The predicted molar refractivity (Wildman–Crippen MR) is 120 cm³/mol. The summed E-state index contributed by atoms with van der Waals surface area (Å²) >= 11 is 0. The molecule has 1 atom stereocenters. The molecule has 3 aromatic carbocycles. The Kier molecular flexibility index (Phi) is 6.17. The van der Waals surface area contributed by atoms with E-state index in [1.165, 1.54) is 12.1 Å². The molecule has 0 spiro atoms. The van der Waals surface area contributed by atoms with Crippen molar-refractivity contribution < 1.29 is 18.5 Å². The minimum absolute atomic E-state index is 0.237. The number of esters is 1. The second kappa shape index (κ2) is 9.01. The quantitative estimate of drug-likeness (QED) is 0.419. The maximum Gasteiger partial charge on any atom is 0.335 e. The topological polar surface area (TPSA) is 46.6 Å². The molecule has 0 amide bonds. The van der Waals surface area contributed by atoms with E-state index in [1.54, 1.807) is 25.1 Å². The molecule has 3 aromatic rings. The highest BCUT2D eigenvalue weighted by atomic mass is 31.2. The summed E-state index contributed by atoms with van der Waals surface area (Å²) in [5.74, 6) is -0.823. The first kappa shape index (κ1) is 21.2. The maximum atomic E-state index is 14.9. The Bertz CT molecular complexity index is 1090. The first-order valence-electron chi connectivity index (χ1n) is 10.2. The summed E-state index contributed by atoms with van der Waals surface area (Å²) in [4.78, 5) is 12.8. The predicted octanol–water partition coefficient (Wildman–Crippen LogP) is 4.60. The number of hydrogen-bond acceptors (Lipinski definition) is 3. The molecular weight excluding hydrogens is 412 g/mol. The summed E-state index contributed by atoms with van der Waals surface area (Å²) in [7, 11) is -3.32. The van der Waals surface area contributed by atoms with Crippen molar-refractivity contribution in [3.8, 4) is 0 Å². The standard InChI is InChI=1S/C25H23FNO3P/c1-2-30-25(28)23-17-18-27(24(23)19-13-15-20(26)16-14-19)31(29,21-9-5-3-6-10-21)22-11-7-4-8-12-22/h3-17,24H,2,18H2,1H3/t24-/m0/s1. The highest BCUT2D eigenvalue weighted by Crippen LogP contribution is 2.55. The summed E-state index contributed by atoms with van der Waals surface area (Å²) in [5.41, 5.74) is 1.10. The van der Waals surface area contributed by atoms with E-state index < -0.39 is 19.3 Å². The van der Waals surface area contributed by atoms with Gasteiger partial charge in [0.2, 0.25) is 7.29 Å². The van der Waals surface area contributed by atoms with Crippen molar-refractivity contribution in [1.29, 1.82) is 0 Å². The number of hydrogen-bond donors (Lipinski definition) is 0. The Labute approximate surface area is 181 Å². The molecule has 0 unspecified atom stereocenters. The molecule has 4 rings (SSSR count). The Morgan fingerprint density at radius 1 is 0.968 bits per heavy atom. The number of benzene rings is 3. The van der Waals surface area contributed by atoms with E-state index in [0.717, 1.165) is 0 Å². The van der Waals surface area contributed by atoms with Gasteiger partial charge in [0.05, 0.1) is 18.2 Å². The molecule has 158 valence electrons. The highest BCUT2D eigenvalue weighted by Gasteiger charge is 2.45. The lowest BCUT2D eigenvalue weighted by atomic mass is 10.0. The summed E-state index contributed by atoms with van der Waals surface area (Å²) in [6, 6.07) is 23.9. The van der Waals surface area contributed by atoms with Gasteiger partial charge >= 0.3 is 5.97 Å². The number of rotatable bonds is 6. The van der Waals surface area contributed by atoms with Gasteiger partial charge in [0.25, 0.3) is 0 Å². The van der Waals surface area contributed by atoms with E-state index >= 15 is 0 Å². The van der Waals surface area contributed by atoms with Crippen molar-refractivity contribution in [1.82, 2.24) is 4.67 Å². The smallest absolute Gasteiger partial charge is 0.335 e. The zero-order valence-corrected chi connectivity index (χ0v) is 18.0. The lowest BCUT2D eigenvalue weighted by Gasteiger charge is -2.35. The third-order valence-electron chi connectivity index (χ3n) is 5.36. The second-order valence-electron chi connectivity index (χ2n) is 7.20. The van der Waals surface area contributed by atoms with Crippen LogP contribution < -0.4 is 10.6 Å². The van der Waals surface area contributed by atoms with Gasteiger partial charge in [-0.25, -0.2) is 13.9 Å². The maximum absolute atomic E-state index is 14.9. The Morgan fingerprint density at radius 2 is 1.52 bits per heavy atom. The first-order chi connectivity index (χ1) is 15.1. The van der Waals surface area contributed by atoms with E-state index in [1.807, 2.05) is 65.3 Å². The fraction of sp³-hybridized carbons (Fsp3) is 0.160. The van der Waals surface area contributed by atoms with E-state index in [9.17, 15) is 13.8 Å². The molecule has 0 fully saturated rings. The fourth-order valence-corrected chi connectivity index (χ4v) is 6.90. The average Bonchev–Trinajstić information content (AvgIpc) is 3.26. The van der Waals surface area contributed by atoms with Crippen LogP contribution in [0.1, 0.15) is 18.5 Å². The molecule has 0 radical (unpaired) electrons. The van der Waals surface area contributed by atoms with Crippen LogP contribution in [0, 0.1) is 5.82 Å². The number of halogens is 1. The van der Waals surface area contributed by atoms with Gasteiger partial charge in [-0.1, -0.05) is 54.6 Å². The van der Waals surface area contributed by atoms with Crippen LogP contribution in [0.4, 0.5) is 4.39 Å². The van der Waals surface area contributed by atoms with Crippen molar-refractivity contribution in [2.75, 3.05) is 13.2 Å². The summed E-state index contributed by atoms with van der Waals surface area (Å²) in [5, 5.41) is 1.35. The molecule has 0 aromatic heterocycles. The minimum Gasteiger partial charge on any atom is -0.463 e. The molecule has 0 N–H and O–H groups in total. The van der Waals surface area contributed by atoms with Crippen LogP contribution in [0.3, 0.4) is 0 Å². The number of ether oxygens (including phenoxy) is 1. The van der Waals surface area contributed by atoms with Gasteiger partial charge < -0.3 is 4.74 Å². The van der Waals surface area contributed by atoms with Gasteiger partial charge in [0.1, 0.15) is 5.82 Å². The molecule has 1 aliphatic rings. The number of nitrogens with zero attached hydrogens (tertiary/aromatic N) is 1. The van der Waals surface area contributed by atoms with Gasteiger partial charge in [-0.2, -0.15) is 0 Å². The van der Waals surface area contributed by atoms with Crippen LogP contribution >= 0.6 is 7.29 Å². The zero-order chi connectivity index (χ0) is 21.8. The van der Waals surface area contributed by atoms with Crippen molar-refractivity contribution in [2.45, 2.75) is 13.0 Å². The van der Waals surface area contributed by atoms with E-state index in [0.29, 0.717) is 28.3 Å². The molecule has 4 nitrogen and oxygen atoms in total. The Morgan fingerprint density at radius 3 is 2.03 bits per heavy atom. The van der Waals surface area contributed by atoms with Crippen molar-refractivity contribution >= 4 is 23.9 Å². The molecule has 0 aliphatic carbocycles. The molecule has 31 heavy (non-hydrogen) atoms. The lowest BCUT2D eigenvalue weighted by Crippen LogP contribution is -2.34. The SMILES string of the molecule is CCOC(=O)C1=CCN(P(=O)(c2ccccc2)c2ccccc2)[C@H]1c1ccc(F)cc1. The van der Waals surface area contributed by atoms with Gasteiger partial charge in [-0.05, 0) is 48.9 Å². The van der Waals surface area contributed by atoms with Crippen LogP contribution in [0.15, 0.2) is 96.6 Å². The number of carbonyl (C=O) groups excluding carboxylic acids is 1. The summed E-state index contributed by atoms with van der Waals surface area (Å²) in [6.07, 6.45) is 1.77. The molecule has 1 heterocycles. The molecule has 0 saturated carbocycles. The molecule has 1 aliphatic heterocycles.